The molecule has 0 atom stereocenters. The largest absolute Gasteiger partial charge is 0.397 e. The molecule has 0 fully saturated rings. The minimum Gasteiger partial charge on any atom is -0.397 e. The van der Waals surface area contributed by atoms with Crippen LogP contribution in [0.1, 0.15) is 36.6 Å². The lowest BCUT2D eigenvalue weighted by atomic mass is 10.0. The first kappa shape index (κ1) is 24.5. The van der Waals surface area contributed by atoms with Crippen LogP contribution in [0.15, 0.2) is 29.2 Å². The average molecular weight is 518 g/mol. The summed E-state index contributed by atoms with van der Waals surface area (Å²) in [5.74, 6) is -5.26. The van der Waals surface area contributed by atoms with Crippen LogP contribution in [0.2, 0.25) is 10.0 Å². The fraction of sp³-hybridized carbons (Fsp3) is 0.167. The highest BCUT2D eigenvalue weighted by Gasteiger charge is 2.27. The summed E-state index contributed by atoms with van der Waals surface area (Å²) < 4.78 is 44.2. The van der Waals surface area contributed by atoms with E-state index in [0.29, 0.717) is 16.9 Å². The summed E-state index contributed by atoms with van der Waals surface area (Å²) in [6, 6.07) is 6.15. The van der Waals surface area contributed by atoms with Crippen molar-refractivity contribution >= 4 is 39.9 Å². The van der Waals surface area contributed by atoms with Gasteiger partial charge in [-0.2, -0.15) is 5.26 Å². The average Bonchev–Trinajstić information content (AvgIpc) is 2.82. The molecule has 35 heavy (non-hydrogen) atoms. The number of hydrogen-bond acceptors (Lipinski definition) is 5. The molecule has 0 amide bonds. The minimum atomic E-state index is -1.85. The van der Waals surface area contributed by atoms with Gasteiger partial charge < -0.3 is 5.73 Å². The summed E-state index contributed by atoms with van der Waals surface area (Å²) >= 11 is 12.1. The van der Waals surface area contributed by atoms with Gasteiger partial charge in [-0.1, -0.05) is 37.0 Å². The predicted molar refractivity (Wildman–Crippen MR) is 128 cm³/mol. The van der Waals surface area contributed by atoms with E-state index >= 15 is 0 Å². The molecule has 0 aliphatic rings. The van der Waals surface area contributed by atoms with Crippen molar-refractivity contribution in [3.8, 4) is 23.0 Å². The Morgan fingerprint density at radius 3 is 2.46 bits per heavy atom. The van der Waals surface area contributed by atoms with Gasteiger partial charge in [-0.05, 0) is 36.6 Å². The number of fused-ring (bicyclic) bond motifs is 1. The van der Waals surface area contributed by atoms with Gasteiger partial charge >= 0.3 is 0 Å². The summed E-state index contributed by atoms with van der Waals surface area (Å²) in [7, 11) is 0. The molecule has 0 aliphatic carbocycles. The van der Waals surface area contributed by atoms with Crippen molar-refractivity contribution in [2.24, 2.45) is 0 Å². The maximum Gasteiger partial charge on any atom is 0.274 e. The number of nitrogens with zero attached hydrogens (tertiary/aromatic N) is 4. The monoisotopic (exact) mass is 517 g/mol. The van der Waals surface area contributed by atoms with E-state index in [9.17, 15) is 23.2 Å². The van der Waals surface area contributed by atoms with Crippen molar-refractivity contribution < 1.29 is 13.2 Å². The summed E-state index contributed by atoms with van der Waals surface area (Å²) in [6.45, 7) is 5.51. The van der Waals surface area contributed by atoms with Crippen LogP contribution in [0.25, 0.3) is 28.0 Å². The maximum atomic E-state index is 14.9. The molecule has 1 aromatic carbocycles. The molecule has 0 spiro atoms. The number of rotatable bonds is 3. The van der Waals surface area contributed by atoms with Gasteiger partial charge in [-0.15, -0.1) is 0 Å². The topological polar surface area (TPSA) is 97.6 Å². The van der Waals surface area contributed by atoms with Crippen molar-refractivity contribution in [3.05, 3.63) is 79.1 Å². The Hall–Kier alpha value is -3.61. The molecule has 3 heterocycles. The number of nitrogens with two attached hydrogens (primary N) is 1. The zero-order valence-corrected chi connectivity index (χ0v) is 20.1. The van der Waals surface area contributed by atoms with Crippen LogP contribution in [0.4, 0.5) is 18.9 Å². The van der Waals surface area contributed by atoms with Crippen molar-refractivity contribution in [1.29, 1.82) is 5.26 Å². The van der Waals surface area contributed by atoms with E-state index in [1.165, 1.54) is 16.7 Å². The molecule has 4 aromatic rings. The number of aryl methyl sites for hydroxylation is 1. The standard InChI is InChI=1S/C24H16Cl2F3N5O/c1-9(2)20-22(10(3)4-5-32-20)34-23-11(6-12(8-30)24(34)35)7-13(25)21(33-23)14-16(27)18(29)17(28)15(26)19(14)31/h4-7,9H,31H2,1-3H3. The van der Waals surface area contributed by atoms with Crippen LogP contribution in [-0.2, 0) is 0 Å². The highest BCUT2D eigenvalue weighted by atomic mass is 35.5. The third kappa shape index (κ3) is 3.79. The maximum absolute atomic E-state index is 14.9. The lowest BCUT2D eigenvalue weighted by molar-refractivity contribution is 0.450. The second-order valence-electron chi connectivity index (χ2n) is 8.10. The molecule has 178 valence electrons. The van der Waals surface area contributed by atoms with Crippen LogP contribution in [0.3, 0.4) is 0 Å². The number of anilines is 1. The number of benzene rings is 1. The van der Waals surface area contributed by atoms with Crippen LogP contribution < -0.4 is 11.3 Å². The van der Waals surface area contributed by atoms with Gasteiger partial charge in [0.1, 0.15) is 22.3 Å². The van der Waals surface area contributed by atoms with Gasteiger partial charge in [0.25, 0.3) is 5.56 Å². The molecule has 0 aliphatic heterocycles. The molecule has 0 unspecified atom stereocenters. The van der Waals surface area contributed by atoms with Crippen molar-refractivity contribution in [1.82, 2.24) is 14.5 Å². The SMILES string of the molecule is Cc1ccnc(C(C)C)c1-n1c(=O)c(C#N)cc2cc(Cl)c(-c3c(N)c(Cl)c(F)c(F)c3F)nc21. The van der Waals surface area contributed by atoms with Crippen molar-refractivity contribution in [2.75, 3.05) is 5.73 Å². The van der Waals surface area contributed by atoms with Gasteiger partial charge in [-0.25, -0.2) is 18.2 Å². The Labute approximate surface area is 207 Å². The summed E-state index contributed by atoms with van der Waals surface area (Å²) in [4.78, 5) is 22.1. The van der Waals surface area contributed by atoms with E-state index in [1.807, 2.05) is 19.9 Å². The smallest absolute Gasteiger partial charge is 0.274 e. The molecular weight excluding hydrogens is 502 g/mol. The van der Waals surface area contributed by atoms with Crippen LogP contribution in [0, 0.1) is 35.7 Å². The Kier molecular flexibility index (Phi) is 6.21. The molecule has 0 saturated carbocycles. The lowest BCUT2D eigenvalue weighted by Crippen LogP contribution is -2.25. The van der Waals surface area contributed by atoms with Gasteiger partial charge in [0.05, 0.1) is 33.3 Å². The number of nitrogen functional groups attached to an aromatic ring is 1. The van der Waals surface area contributed by atoms with E-state index < -0.39 is 39.3 Å². The summed E-state index contributed by atoms with van der Waals surface area (Å²) in [5.41, 5.74) is 4.85. The summed E-state index contributed by atoms with van der Waals surface area (Å²) in [6.07, 6.45) is 1.59. The van der Waals surface area contributed by atoms with Gasteiger partial charge in [0, 0.05) is 11.6 Å². The van der Waals surface area contributed by atoms with Gasteiger partial charge in [0.15, 0.2) is 17.5 Å². The van der Waals surface area contributed by atoms with Crippen LogP contribution in [0.5, 0.6) is 0 Å². The highest BCUT2D eigenvalue weighted by Crippen LogP contribution is 2.41. The quantitative estimate of drug-likeness (QED) is 0.202. The first-order chi connectivity index (χ1) is 16.5. The Balaban J connectivity index is 2.23. The highest BCUT2D eigenvalue weighted by molar-refractivity contribution is 6.35. The molecule has 0 radical (unpaired) electrons. The molecule has 6 nitrogen and oxygen atoms in total. The van der Waals surface area contributed by atoms with Gasteiger partial charge in [0.2, 0.25) is 0 Å². The lowest BCUT2D eigenvalue weighted by Gasteiger charge is -2.19. The second-order valence-corrected chi connectivity index (χ2v) is 8.89. The third-order valence-electron chi connectivity index (χ3n) is 5.51. The van der Waals surface area contributed by atoms with Crippen LogP contribution in [-0.4, -0.2) is 14.5 Å². The molecule has 11 heteroatoms. The number of halogens is 5. The normalized spacial score (nSPS) is 11.3. The van der Waals surface area contributed by atoms with E-state index in [0.717, 1.165) is 0 Å². The zero-order valence-electron chi connectivity index (χ0n) is 18.6. The van der Waals surface area contributed by atoms with E-state index in [-0.39, 0.29) is 33.2 Å². The van der Waals surface area contributed by atoms with E-state index in [1.54, 1.807) is 19.2 Å². The number of aromatic nitrogens is 3. The van der Waals surface area contributed by atoms with Crippen LogP contribution >= 0.6 is 23.2 Å². The van der Waals surface area contributed by atoms with Crippen molar-refractivity contribution in [3.63, 3.8) is 0 Å². The Morgan fingerprint density at radius 1 is 1.14 bits per heavy atom. The molecule has 4 rings (SSSR count). The van der Waals surface area contributed by atoms with E-state index in [2.05, 4.69) is 9.97 Å². The number of hydrogen-bond donors (Lipinski definition) is 1. The zero-order chi connectivity index (χ0) is 25.8. The molecule has 0 bridgehead atoms. The first-order valence-corrected chi connectivity index (χ1v) is 11.0. The fourth-order valence-electron chi connectivity index (χ4n) is 3.84. The Bertz CT molecular complexity index is 1610. The predicted octanol–water partition coefficient (Wildman–Crippen LogP) is 6.06. The summed E-state index contributed by atoms with van der Waals surface area (Å²) in [5, 5.41) is 8.81. The first-order valence-electron chi connectivity index (χ1n) is 10.2. The van der Waals surface area contributed by atoms with Gasteiger partial charge in [-0.3, -0.25) is 14.3 Å². The molecule has 2 N–H and O–H groups in total. The fourth-order valence-corrected chi connectivity index (χ4v) is 4.27. The second kappa shape index (κ2) is 8.87. The molecular formula is C24H16Cl2F3N5O. The van der Waals surface area contributed by atoms with E-state index in [4.69, 9.17) is 28.9 Å². The third-order valence-corrected chi connectivity index (χ3v) is 6.17. The molecule has 3 aromatic heterocycles. The number of pyridine rings is 3. The van der Waals surface area contributed by atoms with Crippen molar-refractivity contribution in [2.45, 2.75) is 26.7 Å². The molecule has 0 saturated heterocycles. The minimum absolute atomic E-state index is 0.0222. The number of nitriles is 1. The Morgan fingerprint density at radius 2 is 1.83 bits per heavy atom.